The van der Waals surface area contributed by atoms with Crippen molar-refractivity contribution in [3.05, 3.63) is 69.5 Å². The molecule has 0 atom stereocenters. The van der Waals surface area contributed by atoms with E-state index in [4.69, 9.17) is 0 Å². The Morgan fingerprint density at radius 3 is 2.71 bits per heavy atom. The normalized spacial score (nSPS) is 15.5. The highest BCUT2D eigenvalue weighted by molar-refractivity contribution is 5.89. The maximum atomic E-state index is 14.8. The summed E-state index contributed by atoms with van der Waals surface area (Å²) >= 11 is 0. The van der Waals surface area contributed by atoms with Crippen molar-refractivity contribution in [2.45, 2.75) is 39.7 Å². The number of nitro groups is 1. The lowest BCUT2D eigenvalue weighted by atomic mass is 9.87. The lowest BCUT2D eigenvalue weighted by molar-refractivity contribution is -0.384. The summed E-state index contributed by atoms with van der Waals surface area (Å²) in [7, 11) is 0. The van der Waals surface area contributed by atoms with E-state index in [1.165, 1.54) is 18.3 Å². The van der Waals surface area contributed by atoms with Crippen LogP contribution in [0.5, 0.6) is 0 Å². The van der Waals surface area contributed by atoms with E-state index in [1.807, 2.05) is 6.92 Å². The van der Waals surface area contributed by atoms with Gasteiger partial charge in [0, 0.05) is 41.7 Å². The molecule has 6 heteroatoms. The highest BCUT2D eigenvalue weighted by Gasteiger charge is 2.31. The van der Waals surface area contributed by atoms with E-state index in [0.29, 0.717) is 11.3 Å². The smallest absolute Gasteiger partial charge is 0.271 e. The van der Waals surface area contributed by atoms with Crippen LogP contribution in [0.1, 0.15) is 45.2 Å². The number of benzene rings is 2. The van der Waals surface area contributed by atoms with Gasteiger partial charge in [-0.25, -0.2) is 4.39 Å². The Morgan fingerprint density at radius 1 is 1.29 bits per heavy atom. The number of hydrogen-bond acceptors (Lipinski definition) is 4. The molecule has 0 radical (unpaired) electrons. The zero-order valence-corrected chi connectivity index (χ0v) is 16.6. The molecule has 5 nitrogen and oxygen atoms in total. The van der Waals surface area contributed by atoms with Gasteiger partial charge in [0.1, 0.15) is 5.82 Å². The van der Waals surface area contributed by atoms with Gasteiger partial charge in [0.05, 0.1) is 16.1 Å². The number of halogens is 1. The van der Waals surface area contributed by atoms with Crippen LogP contribution in [-0.2, 0) is 0 Å². The van der Waals surface area contributed by atoms with Crippen LogP contribution in [0.4, 0.5) is 21.5 Å². The van der Waals surface area contributed by atoms with Crippen molar-refractivity contribution in [2.24, 2.45) is 4.99 Å². The molecule has 0 N–H and O–H groups in total. The molecule has 0 saturated carbocycles. The van der Waals surface area contributed by atoms with Gasteiger partial charge >= 0.3 is 0 Å². The van der Waals surface area contributed by atoms with E-state index in [2.05, 4.69) is 36.7 Å². The van der Waals surface area contributed by atoms with Crippen LogP contribution in [0.2, 0.25) is 0 Å². The Bertz CT molecular complexity index is 980. The quantitative estimate of drug-likeness (QED) is 0.368. The predicted octanol–water partition coefficient (Wildman–Crippen LogP) is 5.90. The van der Waals surface area contributed by atoms with Crippen molar-refractivity contribution in [1.29, 1.82) is 0 Å². The monoisotopic (exact) mass is 381 g/mol. The standard InChI is InChI=1S/C22H24FN3O2/c1-5-9-25-21-12-20(23)16(10-19(21)15(2)13-22(25,3)4)14-24-17-7-6-8-18(11-17)26(27)28/h6-8,10-14H,5,9H2,1-4H3. The van der Waals surface area contributed by atoms with Gasteiger partial charge in [-0.05, 0) is 51.0 Å². The fourth-order valence-corrected chi connectivity index (χ4v) is 3.68. The van der Waals surface area contributed by atoms with Gasteiger partial charge in [-0.3, -0.25) is 15.1 Å². The molecule has 0 amide bonds. The minimum absolute atomic E-state index is 0.0446. The van der Waals surface area contributed by atoms with Crippen molar-refractivity contribution in [2.75, 3.05) is 11.4 Å². The summed E-state index contributed by atoms with van der Waals surface area (Å²) in [5.41, 5.74) is 3.50. The SMILES string of the molecule is CCCN1c2cc(F)c(C=Nc3cccc([N+](=O)[O-])c3)cc2C(C)=CC1(C)C. The average molecular weight is 381 g/mol. The molecule has 0 saturated heterocycles. The average Bonchev–Trinajstić information content (AvgIpc) is 2.63. The molecule has 2 aromatic carbocycles. The molecule has 1 aliphatic heterocycles. The minimum atomic E-state index is -0.475. The summed E-state index contributed by atoms with van der Waals surface area (Å²) in [6.07, 6.45) is 4.59. The van der Waals surface area contributed by atoms with Gasteiger partial charge in [0.25, 0.3) is 5.69 Å². The molecule has 1 aliphatic rings. The van der Waals surface area contributed by atoms with Gasteiger partial charge in [-0.1, -0.05) is 19.1 Å². The maximum Gasteiger partial charge on any atom is 0.271 e. The number of hydrogen-bond donors (Lipinski definition) is 0. The first-order valence-corrected chi connectivity index (χ1v) is 9.32. The van der Waals surface area contributed by atoms with E-state index in [1.54, 1.807) is 24.3 Å². The van der Waals surface area contributed by atoms with Crippen LogP contribution in [0.25, 0.3) is 5.57 Å². The largest absolute Gasteiger partial charge is 0.362 e. The minimum Gasteiger partial charge on any atom is -0.362 e. The van der Waals surface area contributed by atoms with Gasteiger partial charge in [0.15, 0.2) is 0 Å². The number of allylic oxidation sites excluding steroid dienone is 1. The molecule has 0 bridgehead atoms. The molecular weight excluding hydrogens is 357 g/mol. The van der Waals surface area contributed by atoms with E-state index in [-0.39, 0.29) is 17.0 Å². The van der Waals surface area contributed by atoms with E-state index in [9.17, 15) is 14.5 Å². The van der Waals surface area contributed by atoms with E-state index < -0.39 is 4.92 Å². The van der Waals surface area contributed by atoms with Crippen LogP contribution in [0.15, 0.2) is 47.5 Å². The number of aliphatic imine (C=N–C) groups is 1. The molecule has 0 fully saturated rings. The summed E-state index contributed by atoms with van der Waals surface area (Å²) < 4.78 is 14.8. The first kappa shape index (κ1) is 19.7. The van der Waals surface area contributed by atoms with Crippen molar-refractivity contribution in [1.82, 2.24) is 0 Å². The number of fused-ring (bicyclic) bond motifs is 1. The molecule has 0 unspecified atom stereocenters. The van der Waals surface area contributed by atoms with Crippen LogP contribution in [0.3, 0.4) is 0 Å². The Morgan fingerprint density at radius 2 is 2.04 bits per heavy atom. The fourth-order valence-electron chi connectivity index (χ4n) is 3.68. The molecule has 0 aliphatic carbocycles. The Kier molecular flexibility index (Phi) is 5.31. The summed E-state index contributed by atoms with van der Waals surface area (Å²) in [6.45, 7) is 9.24. The highest BCUT2D eigenvalue weighted by Crippen LogP contribution is 2.40. The summed E-state index contributed by atoms with van der Waals surface area (Å²) in [6, 6.07) is 9.34. The number of nitrogens with zero attached hydrogens (tertiary/aromatic N) is 3. The molecule has 1 heterocycles. The molecule has 146 valence electrons. The molecular formula is C22H24FN3O2. The van der Waals surface area contributed by atoms with Crippen molar-refractivity contribution in [3.8, 4) is 0 Å². The second-order valence-corrected chi connectivity index (χ2v) is 7.56. The Hall–Kier alpha value is -3.02. The fraction of sp³-hybridized carbons (Fsp3) is 0.318. The van der Waals surface area contributed by atoms with Gasteiger partial charge in [0.2, 0.25) is 0 Å². The molecule has 0 aromatic heterocycles. The van der Waals surface area contributed by atoms with Crippen LogP contribution < -0.4 is 4.90 Å². The lowest BCUT2D eigenvalue weighted by Gasteiger charge is -2.43. The number of non-ortho nitro benzene ring substituents is 1. The molecule has 2 aromatic rings. The van der Waals surface area contributed by atoms with Crippen molar-refractivity contribution >= 4 is 28.8 Å². The van der Waals surface area contributed by atoms with Gasteiger partial charge in [-0.2, -0.15) is 0 Å². The second kappa shape index (κ2) is 7.54. The highest BCUT2D eigenvalue weighted by atomic mass is 19.1. The first-order chi connectivity index (χ1) is 13.2. The number of anilines is 1. The Labute approximate surface area is 164 Å². The van der Waals surface area contributed by atoms with E-state index >= 15 is 0 Å². The third-order valence-electron chi connectivity index (χ3n) is 4.94. The van der Waals surface area contributed by atoms with Gasteiger partial charge in [-0.15, -0.1) is 0 Å². The molecule has 0 spiro atoms. The number of rotatable bonds is 5. The van der Waals surface area contributed by atoms with Crippen LogP contribution >= 0.6 is 0 Å². The number of nitro benzene ring substituents is 1. The molecule has 28 heavy (non-hydrogen) atoms. The first-order valence-electron chi connectivity index (χ1n) is 9.32. The van der Waals surface area contributed by atoms with Crippen LogP contribution in [-0.4, -0.2) is 23.2 Å². The second-order valence-electron chi connectivity index (χ2n) is 7.56. The van der Waals surface area contributed by atoms with Gasteiger partial charge < -0.3 is 4.90 Å². The summed E-state index contributed by atoms with van der Waals surface area (Å²) in [5.74, 6) is -0.362. The maximum absolute atomic E-state index is 14.8. The molecule has 3 rings (SSSR count). The third kappa shape index (κ3) is 3.81. The summed E-state index contributed by atoms with van der Waals surface area (Å²) in [4.78, 5) is 16.9. The van der Waals surface area contributed by atoms with Crippen LogP contribution in [0, 0.1) is 15.9 Å². The van der Waals surface area contributed by atoms with Crippen molar-refractivity contribution < 1.29 is 9.31 Å². The Balaban J connectivity index is 2.01. The summed E-state index contributed by atoms with van der Waals surface area (Å²) in [5, 5.41) is 10.9. The van der Waals surface area contributed by atoms with Crippen molar-refractivity contribution in [3.63, 3.8) is 0 Å². The topological polar surface area (TPSA) is 58.7 Å². The zero-order chi connectivity index (χ0) is 20.5. The van der Waals surface area contributed by atoms with E-state index in [0.717, 1.165) is 29.8 Å². The third-order valence-corrected chi connectivity index (χ3v) is 4.94. The predicted molar refractivity (Wildman–Crippen MR) is 112 cm³/mol. The zero-order valence-electron chi connectivity index (χ0n) is 16.6. The lowest BCUT2D eigenvalue weighted by Crippen LogP contribution is -2.45.